The summed E-state index contributed by atoms with van der Waals surface area (Å²) in [7, 11) is 1.87. The standard InChI is InChI=1S/C9H11N3/c1-7-3-4-9-11-8(10-2)6-12(9)5-7/h3-6,10H,1-2H3. The van der Waals surface area contributed by atoms with E-state index in [0.717, 1.165) is 11.5 Å². The molecule has 62 valence electrons. The predicted molar refractivity (Wildman–Crippen MR) is 49.5 cm³/mol. The maximum Gasteiger partial charge on any atom is 0.145 e. The summed E-state index contributed by atoms with van der Waals surface area (Å²) in [5.74, 6) is 0.903. The van der Waals surface area contributed by atoms with Crippen molar-refractivity contribution in [2.45, 2.75) is 6.92 Å². The summed E-state index contributed by atoms with van der Waals surface area (Å²) in [6, 6.07) is 4.07. The Kier molecular flexibility index (Phi) is 1.50. The Labute approximate surface area is 71.0 Å². The summed E-state index contributed by atoms with van der Waals surface area (Å²) in [4.78, 5) is 4.32. The topological polar surface area (TPSA) is 29.3 Å². The van der Waals surface area contributed by atoms with Gasteiger partial charge < -0.3 is 9.72 Å². The summed E-state index contributed by atoms with van der Waals surface area (Å²) < 4.78 is 2.02. The lowest BCUT2D eigenvalue weighted by Crippen LogP contribution is -1.85. The second-order valence-corrected chi connectivity index (χ2v) is 2.85. The molecule has 2 aromatic heterocycles. The lowest BCUT2D eigenvalue weighted by molar-refractivity contribution is 1.16. The van der Waals surface area contributed by atoms with E-state index in [-0.39, 0.29) is 0 Å². The van der Waals surface area contributed by atoms with E-state index < -0.39 is 0 Å². The number of anilines is 1. The largest absolute Gasteiger partial charge is 0.372 e. The molecule has 0 spiro atoms. The van der Waals surface area contributed by atoms with Gasteiger partial charge in [0.1, 0.15) is 11.5 Å². The average molecular weight is 161 g/mol. The molecule has 2 heterocycles. The van der Waals surface area contributed by atoms with Crippen LogP contribution in [0.4, 0.5) is 5.82 Å². The van der Waals surface area contributed by atoms with Crippen LogP contribution in [0.15, 0.2) is 24.5 Å². The Morgan fingerprint density at radius 3 is 2.92 bits per heavy atom. The first kappa shape index (κ1) is 7.16. The molecule has 3 nitrogen and oxygen atoms in total. The van der Waals surface area contributed by atoms with Gasteiger partial charge in [-0.3, -0.25) is 0 Å². The maximum atomic E-state index is 4.32. The molecule has 0 saturated heterocycles. The molecule has 0 bridgehead atoms. The first-order valence-electron chi connectivity index (χ1n) is 3.93. The Balaban J connectivity index is 2.67. The van der Waals surface area contributed by atoms with E-state index in [0.29, 0.717) is 0 Å². The maximum absolute atomic E-state index is 4.32. The van der Waals surface area contributed by atoms with E-state index in [4.69, 9.17) is 0 Å². The minimum absolute atomic E-state index is 0.903. The molecule has 0 atom stereocenters. The monoisotopic (exact) mass is 161 g/mol. The highest BCUT2D eigenvalue weighted by Crippen LogP contribution is 2.09. The van der Waals surface area contributed by atoms with Gasteiger partial charge in [-0.2, -0.15) is 0 Å². The van der Waals surface area contributed by atoms with Crippen LogP contribution < -0.4 is 5.32 Å². The minimum atomic E-state index is 0.903. The lowest BCUT2D eigenvalue weighted by Gasteiger charge is -1.92. The minimum Gasteiger partial charge on any atom is -0.372 e. The van der Waals surface area contributed by atoms with E-state index in [1.807, 2.05) is 23.7 Å². The van der Waals surface area contributed by atoms with Crippen molar-refractivity contribution < 1.29 is 0 Å². The Bertz CT molecular complexity index is 403. The van der Waals surface area contributed by atoms with Gasteiger partial charge in [0, 0.05) is 13.2 Å². The molecule has 12 heavy (non-hydrogen) atoms. The molecule has 0 saturated carbocycles. The molecule has 2 rings (SSSR count). The fourth-order valence-corrected chi connectivity index (χ4v) is 1.22. The van der Waals surface area contributed by atoms with Crippen LogP contribution >= 0.6 is 0 Å². The number of aromatic nitrogens is 2. The third-order valence-corrected chi connectivity index (χ3v) is 1.86. The molecule has 0 aliphatic heterocycles. The summed E-state index contributed by atoms with van der Waals surface area (Å²) in [5, 5.41) is 3.00. The van der Waals surface area contributed by atoms with Crippen molar-refractivity contribution >= 4 is 11.5 Å². The van der Waals surface area contributed by atoms with E-state index in [1.54, 1.807) is 0 Å². The van der Waals surface area contributed by atoms with Crippen LogP contribution in [0, 0.1) is 6.92 Å². The van der Waals surface area contributed by atoms with E-state index >= 15 is 0 Å². The third kappa shape index (κ3) is 1.03. The van der Waals surface area contributed by atoms with Gasteiger partial charge in [-0.25, -0.2) is 4.98 Å². The van der Waals surface area contributed by atoms with Crippen LogP contribution in [-0.4, -0.2) is 16.4 Å². The summed E-state index contributed by atoms with van der Waals surface area (Å²) in [6.45, 7) is 2.07. The van der Waals surface area contributed by atoms with Gasteiger partial charge in [-0.15, -0.1) is 0 Å². The molecule has 0 fully saturated rings. The Morgan fingerprint density at radius 1 is 1.33 bits per heavy atom. The first-order valence-corrected chi connectivity index (χ1v) is 3.93. The van der Waals surface area contributed by atoms with Crippen molar-refractivity contribution in [3.8, 4) is 0 Å². The number of aryl methyl sites for hydroxylation is 1. The molecule has 0 radical (unpaired) electrons. The van der Waals surface area contributed by atoms with Crippen molar-refractivity contribution in [3.63, 3.8) is 0 Å². The lowest BCUT2D eigenvalue weighted by atomic mass is 10.3. The van der Waals surface area contributed by atoms with Crippen LogP contribution in [0.3, 0.4) is 0 Å². The predicted octanol–water partition coefficient (Wildman–Crippen LogP) is 1.68. The highest BCUT2D eigenvalue weighted by atomic mass is 15.1. The Morgan fingerprint density at radius 2 is 2.17 bits per heavy atom. The molecular weight excluding hydrogens is 150 g/mol. The normalized spacial score (nSPS) is 10.5. The number of pyridine rings is 1. The van der Waals surface area contributed by atoms with Crippen molar-refractivity contribution in [2.24, 2.45) is 0 Å². The van der Waals surface area contributed by atoms with Crippen molar-refractivity contribution in [3.05, 3.63) is 30.1 Å². The summed E-state index contributed by atoms with van der Waals surface area (Å²) in [5.41, 5.74) is 2.22. The molecular formula is C9H11N3. The summed E-state index contributed by atoms with van der Waals surface area (Å²) >= 11 is 0. The van der Waals surface area contributed by atoms with Crippen LogP contribution in [-0.2, 0) is 0 Å². The fraction of sp³-hybridized carbons (Fsp3) is 0.222. The molecule has 0 aliphatic carbocycles. The number of hydrogen-bond donors (Lipinski definition) is 1. The van der Waals surface area contributed by atoms with Crippen LogP contribution in [0.5, 0.6) is 0 Å². The molecule has 0 aromatic carbocycles. The number of hydrogen-bond acceptors (Lipinski definition) is 2. The second-order valence-electron chi connectivity index (χ2n) is 2.85. The fourth-order valence-electron chi connectivity index (χ4n) is 1.22. The van der Waals surface area contributed by atoms with Crippen LogP contribution in [0.2, 0.25) is 0 Å². The highest BCUT2D eigenvalue weighted by molar-refractivity contribution is 5.48. The number of rotatable bonds is 1. The first-order chi connectivity index (χ1) is 5.79. The van der Waals surface area contributed by atoms with Crippen molar-refractivity contribution in [1.82, 2.24) is 9.38 Å². The zero-order valence-corrected chi connectivity index (χ0v) is 7.20. The van der Waals surface area contributed by atoms with Gasteiger partial charge in [0.15, 0.2) is 0 Å². The Hall–Kier alpha value is -1.51. The van der Waals surface area contributed by atoms with Crippen molar-refractivity contribution in [2.75, 3.05) is 12.4 Å². The highest BCUT2D eigenvalue weighted by Gasteiger charge is 1.97. The van der Waals surface area contributed by atoms with Gasteiger partial charge in [-0.1, -0.05) is 6.07 Å². The van der Waals surface area contributed by atoms with Crippen LogP contribution in [0.25, 0.3) is 5.65 Å². The molecule has 0 aliphatic rings. The zero-order chi connectivity index (χ0) is 8.55. The average Bonchev–Trinajstić information content (AvgIpc) is 2.46. The number of imidazole rings is 1. The van der Waals surface area contributed by atoms with Gasteiger partial charge >= 0.3 is 0 Å². The smallest absolute Gasteiger partial charge is 0.145 e. The van der Waals surface area contributed by atoms with Gasteiger partial charge in [0.2, 0.25) is 0 Å². The number of fused-ring (bicyclic) bond motifs is 1. The number of nitrogens with one attached hydrogen (secondary N) is 1. The second kappa shape index (κ2) is 2.52. The van der Waals surface area contributed by atoms with E-state index in [2.05, 4.69) is 29.5 Å². The molecule has 0 amide bonds. The van der Waals surface area contributed by atoms with Crippen molar-refractivity contribution in [1.29, 1.82) is 0 Å². The summed E-state index contributed by atoms with van der Waals surface area (Å²) in [6.07, 6.45) is 4.03. The zero-order valence-electron chi connectivity index (χ0n) is 7.20. The molecule has 1 N–H and O–H groups in total. The van der Waals surface area contributed by atoms with Gasteiger partial charge in [0.05, 0.1) is 6.20 Å². The molecule has 0 unspecified atom stereocenters. The van der Waals surface area contributed by atoms with E-state index in [9.17, 15) is 0 Å². The van der Waals surface area contributed by atoms with Crippen LogP contribution in [0.1, 0.15) is 5.56 Å². The SMILES string of the molecule is CNc1cn2cc(C)ccc2n1. The molecule has 2 aromatic rings. The molecule has 3 heteroatoms. The third-order valence-electron chi connectivity index (χ3n) is 1.86. The van der Waals surface area contributed by atoms with E-state index in [1.165, 1.54) is 5.56 Å². The van der Waals surface area contributed by atoms with Gasteiger partial charge in [-0.05, 0) is 18.6 Å². The van der Waals surface area contributed by atoms with Gasteiger partial charge in [0.25, 0.3) is 0 Å². The quantitative estimate of drug-likeness (QED) is 0.689. The number of nitrogens with zero attached hydrogens (tertiary/aromatic N) is 2.